The van der Waals surface area contributed by atoms with Crippen molar-refractivity contribution in [1.82, 2.24) is 4.98 Å². The minimum Gasteiger partial charge on any atom is -0.322 e. The van der Waals surface area contributed by atoms with E-state index in [4.69, 9.17) is 0 Å². The van der Waals surface area contributed by atoms with Crippen molar-refractivity contribution in [2.45, 2.75) is 32.1 Å². The Hall–Kier alpha value is -2.47. The number of carbonyl (C=O) groups is 2. The highest BCUT2D eigenvalue weighted by Crippen LogP contribution is 2.29. The summed E-state index contributed by atoms with van der Waals surface area (Å²) in [6.45, 7) is 3.44. The Morgan fingerprint density at radius 3 is 2.79 bits per heavy atom. The number of amides is 2. The van der Waals surface area contributed by atoms with E-state index in [1.165, 1.54) is 23.8 Å². The van der Waals surface area contributed by atoms with E-state index in [9.17, 15) is 9.59 Å². The van der Waals surface area contributed by atoms with E-state index in [-0.39, 0.29) is 18.2 Å². The molecule has 0 bridgehead atoms. The molecule has 0 aliphatic heterocycles. The highest BCUT2D eigenvalue weighted by atomic mass is 32.1. The summed E-state index contributed by atoms with van der Waals surface area (Å²) in [4.78, 5) is 29.6. The molecule has 2 amide bonds. The Balaban J connectivity index is 1.67. The van der Waals surface area contributed by atoms with Crippen LogP contribution in [0.3, 0.4) is 0 Å². The van der Waals surface area contributed by atoms with Crippen LogP contribution in [0.1, 0.15) is 29.0 Å². The molecule has 0 atom stereocenters. The van der Waals surface area contributed by atoms with E-state index in [0.717, 1.165) is 24.1 Å². The molecule has 2 aromatic rings. The normalized spacial score (nSPS) is 13.0. The number of hydrogen-bond donors (Lipinski definition) is 2. The van der Waals surface area contributed by atoms with E-state index >= 15 is 0 Å². The summed E-state index contributed by atoms with van der Waals surface area (Å²) in [5.41, 5.74) is 2.50. The van der Waals surface area contributed by atoms with Gasteiger partial charge >= 0.3 is 0 Å². The van der Waals surface area contributed by atoms with E-state index < -0.39 is 0 Å². The highest BCUT2D eigenvalue weighted by molar-refractivity contribution is 7.15. The second-order valence-corrected chi connectivity index (χ2v) is 6.76. The van der Waals surface area contributed by atoms with Crippen LogP contribution < -0.4 is 10.6 Å². The SMILES string of the molecule is C=CC(=O)Nc1ccccc1CC(=O)Nc1nc2c(s1)CCCC2. The molecule has 1 aliphatic rings. The first-order valence-electron chi connectivity index (χ1n) is 7.95. The number of carbonyl (C=O) groups excluding carboxylic acids is 2. The van der Waals surface area contributed by atoms with Gasteiger partial charge in [0, 0.05) is 10.6 Å². The summed E-state index contributed by atoms with van der Waals surface area (Å²) >= 11 is 1.57. The second kappa shape index (κ2) is 7.40. The Kier molecular flexibility index (Phi) is 5.05. The van der Waals surface area contributed by atoms with E-state index in [0.29, 0.717) is 10.8 Å². The Morgan fingerprint density at radius 2 is 2.00 bits per heavy atom. The lowest BCUT2D eigenvalue weighted by Crippen LogP contribution is -2.16. The molecule has 0 radical (unpaired) electrons. The Morgan fingerprint density at radius 1 is 1.21 bits per heavy atom. The summed E-state index contributed by atoms with van der Waals surface area (Å²) in [7, 11) is 0. The maximum Gasteiger partial charge on any atom is 0.247 e. The number of thiazole rings is 1. The van der Waals surface area contributed by atoms with Crippen LogP contribution in [0.4, 0.5) is 10.8 Å². The van der Waals surface area contributed by atoms with Crippen molar-refractivity contribution in [3.8, 4) is 0 Å². The molecule has 0 unspecified atom stereocenters. The number of nitrogens with one attached hydrogen (secondary N) is 2. The van der Waals surface area contributed by atoms with Crippen molar-refractivity contribution in [2.24, 2.45) is 0 Å². The van der Waals surface area contributed by atoms with Gasteiger partial charge in [-0.15, -0.1) is 11.3 Å². The van der Waals surface area contributed by atoms with Crippen molar-refractivity contribution in [2.75, 3.05) is 10.6 Å². The van der Waals surface area contributed by atoms with Crippen LogP contribution in [0.25, 0.3) is 0 Å². The van der Waals surface area contributed by atoms with Crippen LogP contribution in [0.5, 0.6) is 0 Å². The number of aromatic nitrogens is 1. The van der Waals surface area contributed by atoms with Gasteiger partial charge in [-0.05, 0) is 43.4 Å². The van der Waals surface area contributed by atoms with E-state index in [2.05, 4.69) is 22.2 Å². The third-order valence-corrected chi connectivity index (χ3v) is 4.98. The van der Waals surface area contributed by atoms with Gasteiger partial charge < -0.3 is 10.6 Å². The van der Waals surface area contributed by atoms with Crippen LogP contribution in [-0.4, -0.2) is 16.8 Å². The summed E-state index contributed by atoms with van der Waals surface area (Å²) in [5, 5.41) is 6.26. The monoisotopic (exact) mass is 341 g/mol. The van der Waals surface area contributed by atoms with Crippen LogP contribution in [0, 0.1) is 0 Å². The number of aryl methyl sites for hydroxylation is 2. The van der Waals surface area contributed by atoms with E-state index in [1.807, 2.05) is 18.2 Å². The molecule has 6 heteroatoms. The third kappa shape index (κ3) is 3.89. The van der Waals surface area contributed by atoms with Crippen molar-refractivity contribution in [3.63, 3.8) is 0 Å². The molecular formula is C18H19N3O2S. The average Bonchev–Trinajstić information content (AvgIpc) is 2.98. The Bertz CT molecular complexity index is 759. The maximum absolute atomic E-state index is 12.3. The zero-order chi connectivity index (χ0) is 16.9. The van der Waals surface area contributed by atoms with Gasteiger partial charge in [0.1, 0.15) is 0 Å². The molecule has 1 aromatic heterocycles. The van der Waals surface area contributed by atoms with Crippen molar-refractivity contribution in [1.29, 1.82) is 0 Å². The molecule has 0 saturated heterocycles. The minimum absolute atomic E-state index is 0.138. The molecule has 1 aliphatic carbocycles. The van der Waals surface area contributed by atoms with Crippen LogP contribution in [0.2, 0.25) is 0 Å². The molecule has 3 rings (SSSR count). The van der Waals surface area contributed by atoms with Gasteiger partial charge in [0.25, 0.3) is 0 Å². The smallest absolute Gasteiger partial charge is 0.247 e. The first kappa shape index (κ1) is 16.4. The predicted octanol–water partition coefficient (Wildman–Crippen LogP) is 3.33. The number of para-hydroxylation sites is 1. The van der Waals surface area contributed by atoms with Crippen LogP contribution in [0.15, 0.2) is 36.9 Å². The lowest BCUT2D eigenvalue weighted by atomic mass is 10.0. The number of fused-ring (bicyclic) bond motifs is 1. The van der Waals surface area contributed by atoms with Gasteiger partial charge in [-0.3, -0.25) is 9.59 Å². The number of benzene rings is 1. The molecular weight excluding hydrogens is 322 g/mol. The molecule has 0 saturated carbocycles. The fraction of sp³-hybridized carbons (Fsp3) is 0.278. The largest absolute Gasteiger partial charge is 0.322 e. The summed E-state index contributed by atoms with van der Waals surface area (Å²) in [6, 6.07) is 7.25. The Labute approximate surface area is 144 Å². The molecule has 0 fully saturated rings. The molecule has 2 N–H and O–H groups in total. The van der Waals surface area contributed by atoms with Gasteiger partial charge in [-0.1, -0.05) is 24.8 Å². The van der Waals surface area contributed by atoms with Gasteiger partial charge in [-0.2, -0.15) is 0 Å². The van der Waals surface area contributed by atoms with Gasteiger partial charge in [0.2, 0.25) is 11.8 Å². The summed E-state index contributed by atoms with van der Waals surface area (Å²) < 4.78 is 0. The molecule has 124 valence electrons. The zero-order valence-corrected chi connectivity index (χ0v) is 14.1. The van der Waals surface area contributed by atoms with E-state index in [1.54, 1.807) is 17.4 Å². The number of nitrogens with zero attached hydrogens (tertiary/aromatic N) is 1. The first-order chi connectivity index (χ1) is 11.7. The van der Waals surface area contributed by atoms with Crippen molar-refractivity contribution >= 4 is 34.0 Å². The number of hydrogen-bond acceptors (Lipinski definition) is 4. The quantitative estimate of drug-likeness (QED) is 0.820. The van der Waals surface area contributed by atoms with Gasteiger partial charge in [0.15, 0.2) is 5.13 Å². The lowest BCUT2D eigenvalue weighted by molar-refractivity contribution is -0.115. The molecule has 5 nitrogen and oxygen atoms in total. The number of rotatable bonds is 5. The lowest BCUT2D eigenvalue weighted by Gasteiger charge is -2.09. The van der Waals surface area contributed by atoms with Crippen molar-refractivity contribution in [3.05, 3.63) is 53.1 Å². The summed E-state index contributed by atoms with van der Waals surface area (Å²) in [6.07, 6.45) is 5.80. The summed E-state index contributed by atoms with van der Waals surface area (Å²) in [5.74, 6) is -0.433. The minimum atomic E-state index is -0.296. The highest BCUT2D eigenvalue weighted by Gasteiger charge is 2.17. The second-order valence-electron chi connectivity index (χ2n) is 5.67. The molecule has 1 aromatic carbocycles. The van der Waals surface area contributed by atoms with Gasteiger partial charge in [-0.25, -0.2) is 4.98 Å². The van der Waals surface area contributed by atoms with Crippen LogP contribution >= 0.6 is 11.3 Å². The zero-order valence-electron chi connectivity index (χ0n) is 13.3. The number of anilines is 2. The molecule has 0 spiro atoms. The predicted molar refractivity (Wildman–Crippen MR) is 96.4 cm³/mol. The van der Waals surface area contributed by atoms with Gasteiger partial charge in [0.05, 0.1) is 12.1 Å². The standard InChI is InChI=1S/C18H19N3O2S/c1-2-16(22)19-13-8-4-3-7-12(13)11-17(23)21-18-20-14-9-5-6-10-15(14)24-18/h2-4,7-8H,1,5-6,9-11H2,(H,19,22)(H,20,21,23). The topological polar surface area (TPSA) is 71.1 Å². The molecule has 24 heavy (non-hydrogen) atoms. The third-order valence-electron chi connectivity index (χ3n) is 3.90. The maximum atomic E-state index is 12.3. The fourth-order valence-corrected chi connectivity index (χ4v) is 3.79. The van der Waals surface area contributed by atoms with Crippen LogP contribution in [-0.2, 0) is 28.9 Å². The average molecular weight is 341 g/mol. The van der Waals surface area contributed by atoms with Crippen molar-refractivity contribution < 1.29 is 9.59 Å². The molecule has 1 heterocycles. The first-order valence-corrected chi connectivity index (χ1v) is 8.77. The fourth-order valence-electron chi connectivity index (χ4n) is 2.72.